The summed E-state index contributed by atoms with van der Waals surface area (Å²) in [6, 6.07) is 20.6. The Morgan fingerprint density at radius 2 is 1.70 bits per heavy atom. The van der Waals surface area contributed by atoms with Crippen molar-refractivity contribution in [1.82, 2.24) is 10.2 Å². The van der Waals surface area contributed by atoms with Gasteiger partial charge in [0.25, 0.3) is 5.91 Å². The van der Waals surface area contributed by atoms with Gasteiger partial charge in [-0.25, -0.2) is 4.39 Å². The fraction of sp³-hybridized carbons (Fsp3) is 0.259. The number of benzene rings is 3. The van der Waals surface area contributed by atoms with Gasteiger partial charge in [0, 0.05) is 25.6 Å². The summed E-state index contributed by atoms with van der Waals surface area (Å²) in [5.41, 5.74) is 3.23. The summed E-state index contributed by atoms with van der Waals surface area (Å²) in [5, 5.41) is 2.64. The molecule has 0 aliphatic carbocycles. The van der Waals surface area contributed by atoms with Gasteiger partial charge in [0.1, 0.15) is 17.6 Å². The van der Waals surface area contributed by atoms with Gasteiger partial charge in [0.2, 0.25) is 5.91 Å². The number of nitrogens with zero attached hydrogens (tertiary/aromatic N) is 1. The Morgan fingerprint density at radius 3 is 2.36 bits per heavy atom. The fourth-order valence-electron chi connectivity index (χ4n) is 3.71. The van der Waals surface area contributed by atoms with Crippen LogP contribution in [0.25, 0.3) is 0 Å². The lowest BCUT2D eigenvalue weighted by atomic mass is 10.0. The lowest BCUT2D eigenvalue weighted by Gasteiger charge is -2.31. The fourth-order valence-corrected chi connectivity index (χ4v) is 3.71. The van der Waals surface area contributed by atoms with Crippen LogP contribution in [0.15, 0.2) is 72.8 Å². The van der Waals surface area contributed by atoms with E-state index in [0.717, 1.165) is 16.7 Å². The molecule has 0 saturated heterocycles. The molecule has 5 nitrogen and oxygen atoms in total. The van der Waals surface area contributed by atoms with E-state index in [2.05, 4.69) is 5.32 Å². The SMILES string of the molecule is CNC(=O)[C@H](Cc1ccccc1)N(Cc1ccccc1F)C(=O)COc1ccc(C)cc1C. The number of amides is 2. The first kappa shape index (κ1) is 24.0. The van der Waals surface area contributed by atoms with Crippen molar-refractivity contribution in [2.24, 2.45) is 0 Å². The molecule has 3 rings (SSSR count). The lowest BCUT2D eigenvalue weighted by molar-refractivity contribution is -0.142. The second-order valence-electron chi connectivity index (χ2n) is 7.99. The number of aryl methyl sites for hydroxylation is 2. The minimum absolute atomic E-state index is 0.0489. The second-order valence-corrected chi connectivity index (χ2v) is 7.99. The Balaban J connectivity index is 1.89. The van der Waals surface area contributed by atoms with Crippen LogP contribution in [-0.4, -0.2) is 36.4 Å². The van der Waals surface area contributed by atoms with Gasteiger partial charge in [-0.1, -0.05) is 66.2 Å². The number of ether oxygens (including phenoxy) is 1. The summed E-state index contributed by atoms with van der Waals surface area (Å²) >= 11 is 0. The van der Waals surface area contributed by atoms with Gasteiger partial charge in [-0.2, -0.15) is 0 Å². The highest BCUT2D eigenvalue weighted by Crippen LogP contribution is 2.20. The highest BCUT2D eigenvalue weighted by molar-refractivity contribution is 5.88. The Morgan fingerprint density at radius 1 is 1.00 bits per heavy atom. The molecule has 0 spiro atoms. The Labute approximate surface area is 194 Å². The molecular formula is C27H29FN2O3. The average molecular weight is 449 g/mol. The number of hydrogen-bond acceptors (Lipinski definition) is 3. The van der Waals surface area contributed by atoms with E-state index in [1.165, 1.54) is 18.0 Å². The zero-order chi connectivity index (χ0) is 23.8. The number of nitrogens with one attached hydrogen (secondary N) is 1. The topological polar surface area (TPSA) is 58.6 Å². The maximum Gasteiger partial charge on any atom is 0.261 e. The first-order chi connectivity index (χ1) is 15.9. The molecule has 0 bridgehead atoms. The summed E-state index contributed by atoms with van der Waals surface area (Å²) in [5.74, 6) is -0.557. The quantitative estimate of drug-likeness (QED) is 0.534. The molecular weight excluding hydrogens is 419 g/mol. The minimum atomic E-state index is -0.827. The van der Waals surface area contributed by atoms with Gasteiger partial charge < -0.3 is 15.0 Å². The van der Waals surface area contributed by atoms with Crippen LogP contribution in [0.4, 0.5) is 4.39 Å². The van der Waals surface area contributed by atoms with Gasteiger partial charge in [-0.05, 0) is 37.1 Å². The molecule has 3 aromatic rings. The molecule has 0 fully saturated rings. The van der Waals surface area contributed by atoms with E-state index in [0.29, 0.717) is 17.7 Å². The molecule has 0 aliphatic heterocycles. The smallest absolute Gasteiger partial charge is 0.261 e. The molecule has 3 aromatic carbocycles. The number of hydrogen-bond donors (Lipinski definition) is 1. The van der Waals surface area contributed by atoms with E-state index in [4.69, 9.17) is 4.74 Å². The van der Waals surface area contributed by atoms with Crippen molar-refractivity contribution in [1.29, 1.82) is 0 Å². The van der Waals surface area contributed by atoms with Crippen LogP contribution in [0.1, 0.15) is 22.3 Å². The molecule has 33 heavy (non-hydrogen) atoms. The van der Waals surface area contributed by atoms with Crippen LogP contribution < -0.4 is 10.1 Å². The van der Waals surface area contributed by atoms with E-state index in [-0.39, 0.29) is 19.1 Å². The third-order valence-corrected chi connectivity index (χ3v) is 5.50. The van der Waals surface area contributed by atoms with Gasteiger partial charge in [0.05, 0.1) is 0 Å². The predicted molar refractivity (Wildman–Crippen MR) is 126 cm³/mol. The van der Waals surface area contributed by atoms with Crippen molar-refractivity contribution in [3.05, 3.63) is 101 Å². The molecule has 0 radical (unpaired) electrons. The van der Waals surface area contributed by atoms with E-state index in [1.54, 1.807) is 18.2 Å². The van der Waals surface area contributed by atoms with Gasteiger partial charge in [-0.3, -0.25) is 9.59 Å². The summed E-state index contributed by atoms with van der Waals surface area (Å²) in [6.07, 6.45) is 0.296. The molecule has 172 valence electrons. The third-order valence-electron chi connectivity index (χ3n) is 5.50. The van der Waals surface area contributed by atoms with Crippen molar-refractivity contribution in [2.45, 2.75) is 32.9 Å². The summed E-state index contributed by atoms with van der Waals surface area (Å²) < 4.78 is 20.3. The van der Waals surface area contributed by atoms with Crippen molar-refractivity contribution in [2.75, 3.05) is 13.7 Å². The maximum atomic E-state index is 14.5. The molecule has 0 aliphatic rings. The van der Waals surface area contributed by atoms with Crippen molar-refractivity contribution in [3.8, 4) is 5.75 Å². The normalized spacial score (nSPS) is 11.5. The zero-order valence-electron chi connectivity index (χ0n) is 19.2. The van der Waals surface area contributed by atoms with Crippen molar-refractivity contribution >= 4 is 11.8 Å². The Kier molecular flexibility index (Phi) is 8.19. The molecule has 0 saturated carbocycles. The lowest BCUT2D eigenvalue weighted by Crippen LogP contribution is -2.51. The highest BCUT2D eigenvalue weighted by Gasteiger charge is 2.30. The van der Waals surface area contributed by atoms with Crippen LogP contribution in [0, 0.1) is 19.7 Å². The standard InChI is InChI=1S/C27H29FN2O3/c1-19-13-14-25(20(2)15-19)33-18-26(31)30(17-22-11-7-8-12-23(22)28)24(27(32)29-3)16-21-9-5-4-6-10-21/h4-15,24H,16-18H2,1-3H3,(H,29,32)/t24-/m0/s1. The van der Waals surface area contributed by atoms with Gasteiger partial charge >= 0.3 is 0 Å². The van der Waals surface area contributed by atoms with E-state index < -0.39 is 17.8 Å². The highest BCUT2D eigenvalue weighted by atomic mass is 19.1. The summed E-state index contributed by atoms with van der Waals surface area (Å²) in [7, 11) is 1.53. The Hall–Kier alpha value is -3.67. The molecule has 0 heterocycles. The van der Waals surface area contributed by atoms with E-state index in [1.807, 2.05) is 62.4 Å². The number of carbonyl (C=O) groups excluding carboxylic acids is 2. The van der Waals surface area contributed by atoms with Gasteiger partial charge in [-0.15, -0.1) is 0 Å². The van der Waals surface area contributed by atoms with Crippen molar-refractivity contribution < 1.29 is 18.7 Å². The van der Waals surface area contributed by atoms with E-state index >= 15 is 0 Å². The molecule has 1 N–H and O–H groups in total. The van der Waals surface area contributed by atoms with Crippen LogP contribution >= 0.6 is 0 Å². The molecule has 6 heteroatoms. The van der Waals surface area contributed by atoms with Crippen LogP contribution in [0.3, 0.4) is 0 Å². The maximum absolute atomic E-state index is 14.5. The summed E-state index contributed by atoms with van der Waals surface area (Å²) in [4.78, 5) is 27.6. The number of halogens is 1. The molecule has 1 atom stereocenters. The Bertz CT molecular complexity index is 1100. The number of rotatable bonds is 9. The van der Waals surface area contributed by atoms with Gasteiger partial charge in [0.15, 0.2) is 6.61 Å². The number of likely N-dealkylation sites (N-methyl/N-ethyl adjacent to an activating group) is 1. The third kappa shape index (κ3) is 6.42. The zero-order valence-corrected chi connectivity index (χ0v) is 19.2. The first-order valence-electron chi connectivity index (χ1n) is 10.9. The molecule has 0 aromatic heterocycles. The number of carbonyl (C=O) groups is 2. The van der Waals surface area contributed by atoms with Crippen LogP contribution in [-0.2, 0) is 22.6 Å². The predicted octanol–water partition coefficient (Wildman–Crippen LogP) is 4.21. The monoisotopic (exact) mass is 448 g/mol. The average Bonchev–Trinajstić information content (AvgIpc) is 2.82. The largest absolute Gasteiger partial charge is 0.483 e. The van der Waals surface area contributed by atoms with E-state index in [9.17, 15) is 14.0 Å². The first-order valence-corrected chi connectivity index (χ1v) is 10.9. The van der Waals surface area contributed by atoms with Crippen LogP contribution in [0.2, 0.25) is 0 Å². The van der Waals surface area contributed by atoms with Crippen molar-refractivity contribution in [3.63, 3.8) is 0 Å². The summed E-state index contributed by atoms with van der Waals surface area (Å²) in [6.45, 7) is 3.58. The van der Waals surface area contributed by atoms with Crippen LogP contribution in [0.5, 0.6) is 5.75 Å². The molecule has 0 unspecified atom stereocenters. The second kappa shape index (κ2) is 11.3. The molecule has 2 amide bonds. The minimum Gasteiger partial charge on any atom is -0.483 e.